The van der Waals surface area contributed by atoms with Crippen molar-refractivity contribution < 1.29 is 19.0 Å². The van der Waals surface area contributed by atoms with Crippen LogP contribution < -0.4 is 14.2 Å². The molecular weight excluding hydrogens is 366 g/mol. The van der Waals surface area contributed by atoms with Gasteiger partial charge >= 0.3 is 5.97 Å². The molecule has 0 saturated heterocycles. The topological polar surface area (TPSA) is 68.5 Å². The van der Waals surface area contributed by atoms with Crippen LogP contribution in [0.25, 0.3) is 10.8 Å². The number of fused-ring (bicyclic) bond motifs is 1. The Morgan fingerprint density at radius 3 is 2.59 bits per heavy atom. The molecule has 0 fully saturated rings. The zero-order chi connectivity index (χ0) is 19.2. The predicted octanol–water partition coefficient (Wildman–Crippen LogP) is 4.75. The maximum Gasteiger partial charge on any atom is 0.349 e. The number of nitrogens with zero attached hydrogens (tertiary/aromatic N) is 1. The van der Waals surface area contributed by atoms with Gasteiger partial charge in [0.2, 0.25) is 0 Å². The number of nitriles is 1. The van der Waals surface area contributed by atoms with Crippen LogP contribution in [0, 0.1) is 11.3 Å². The van der Waals surface area contributed by atoms with E-state index in [-0.39, 0.29) is 23.1 Å². The van der Waals surface area contributed by atoms with E-state index in [0.717, 1.165) is 10.8 Å². The van der Waals surface area contributed by atoms with Gasteiger partial charge in [-0.1, -0.05) is 41.9 Å². The largest absolute Gasteiger partial charge is 0.490 e. The van der Waals surface area contributed by atoms with Crippen molar-refractivity contribution in [2.75, 3.05) is 13.2 Å². The minimum absolute atomic E-state index is 0.0737. The first kappa shape index (κ1) is 18.6. The summed E-state index contributed by atoms with van der Waals surface area (Å²) in [6, 6.07) is 18.3. The van der Waals surface area contributed by atoms with E-state index in [1.807, 2.05) is 42.5 Å². The fourth-order valence-electron chi connectivity index (χ4n) is 2.54. The molecule has 136 valence electrons. The molecule has 5 nitrogen and oxygen atoms in total. The predicted molar refractivity (Wildman–Crippen MR) is 102 cm³/mol. The standard InChI is InChI=1S/C21H16ClNO4/c1-2-25-19-10-14(12-23)9-18(22)21(19)27-20(24)13-26-17-8-7-15-5-3-4-6-16(15)11-17/h3-11H,2,13H2,1H3. The van der Waals surface area contributed by atoms with E-state index in [0.29, 0.717) is 17.9 Å². The van der Waals surface area contributed by atoms with Crippen LogP contribution in [-0.2, 0) is 4.79 Å². The lowest BCUT2D eigenvalue weighted by molar-refractivity contribution is -0.136. The number of rotatable bonds is 6. The molecule has 3 rings (SSSR count). The van der Waals surface area contributed by atoms with E-state index < -0.39 is 5.97 Å². The van der Waals surface area contributed by atoms with Gasteiger partial charge in [-0.05, 0) is 35.9 Å². The molecule has 27 heavy (non-hydrogen) atoms. The molecule has 0 aliphatic carbocycles. The van der Waals surface area contributed by atoms with Crippen molar-refractivity contribution in [2.45, 2.75) is 6.92 Å². The van der Waals surface area contributed by atoms with E-state index in [9.17, 15) is 4.79 Å². The Morgan fingerprint density at radius 1 is 1.07 bits per heavy atom. The summed E-state index contributed by atoms with van der Waals surface area (Å²) < 4.78 is 16.2. The molecule has 0 N–H and O–H groups in total. The summed E-state index contributed by atoms with van der Waals surface area (Å²) in [6.45, 7) is 1.82. The summed E-state index contributed by atoms with van der Waals surface area (Å²) in [7, 11) is 0. The number of ether oxygens (including phenoxy) is 3. The number of carbonyl (C=O) groups is 1. The van der Waals surface area contributed by atoms with Crippen molar-refractivity contribution in [1.82, 2.24) is 0 Å². The van der Waals surface area contributed by atoms with E-state index >= 15 is 0 Å². The lowest BCUT2D eigenvalue weighted by atomic mass is 10.1. The van der Waals surface area contributed by atoms with E-state index in [1.54, 1.807) is 13.0 Å². The van der Waals surface area contributed by atoms with Crippen LogP contribution in [0.4, 0.5) is 0 Å². The molecule has 0 radical (unpaired) electrons. The Balaban J connectivity index is 1.71. The van der Waals surface area contributed by atoms with Gasteiger partial charge in [0.05, 0.1) is 23.3 Å². The quantitative estimate of drug-likeness (QED) is 0.455. The van der Waals surface area contributed by atoms with E-state index in [2.05, 4.69) is 0 Å². The molecule has 0 bridgehead atoms. The fourth-order valence-corrected chi connectivity index (χ4v) is 2.79. The van der Waals surface area contributed by atoms with Crippen molar-refractivity contribution in [3.8, 4) is 23.3 Å². The highest BCUT2D eigenvalue weighted by molar-refractivity contribution is 6.32. The second kappa shape index (κ2) is 8.43. The Morgan fingerprint density at radius 2 is 1.85 bits per heavy atom. The maximum atomic E-state index is 12.2. The van der Waals surface area contributed by atoms with Crippen LogP contribution in [0.15, 0.2) is 54.6 Å². The lowest BCUT2D eigenvalue weighted by Crippen LogP contribution is -2.18. The molecule has 0 amide bonds. The van der Waals surface area contributed by atoms with Gasteiger partial charge in [0.1, 0.15) is 5.75 Å². The number of benzene rings is 3. The van der Waals surface area contributed by atoms with Crippen molar-refractivity contribution in [3.63, 3.8) is 0 Å². The zero-order valence-corrected chi connectivity index (χ0v) is 15.3. The minimum Gasteiger partial charge on any atom is -0.490 e. The van der Waals surface area contributed by atoms with Crippen molar-refractivity contribution in [1.29, 1.82) is 5.26 Å². The van der Waals surface area contributed by atoms with Crippen LogP contribution in [-0.4, -0.2) is 19.2 Å². The highest BCUT2D eigenvalue weighted by Gasteiger charge is 2.17. The van der Waals surface area contributed by atoms with Crippen LogP contribution in [0.3, 0.4) is 0 Å². The number of esters is 1. The number of halogens is 1. The molecule has 0 aliphatic heterocycles. The highest BCUT2D eigenvalue weighted by Crippen LogP contribution is 2.36. The van der Waals surface area contributed by atoms with Crippen LogP contribution in [0.2, 0.25) is 5.02 Å². The van der Waals surface area contributed by atoms with Gasteiger partial charge in [-0.3, -0.25) is 0 Å². The normalized spacial score (nSPS) is 10.3. The van der Waals surface area contributed by atoms with E-state index in [4.69, 9.17) is 31.1 Å². The molecule has 0 aliphatic rings. The second-order valence-electron chi connectivity index (χ2n) is 5.60. The SMILES string of the molecule is CCOc1cc(C#N)cc(Cl)c1OC(=O)COc1ccc2ccccc2c1. The first-order valence-corrected chi connectivity index (χ1v) is 8.67. The zero-order valence-electron chi connectivity index (χ0n) is 14.6. The van der Waals surface area contributed by atoms with Crippen molar-refractivity contribution in [3.05, 3.63) is 65.2 Å². The van der Waals surface area contributed by atoms with Crippen LogP contribution in [0.5, 0.6) is 17.2 Å². The van der Waals surface area contributed by atoms with Crippen LogP contribution >= 0.6 is 11.6 Å². The Labute approximate surface area is 161 Å². The fraction of sp³-hybridized carbons (Fsp3) is 0.143. The van der Waals surface area contributed by atoms with Crippen LogP contribution in [0.1, 0.15) is 12.5 Å². The molecule has 0 heterocycles. The first-order valence-electron chi connectivity index (χ1n) is 8.29. The van der Waals surface area contributed by atoms with Gasteiger partial charge < -0.3 is 14.2 Å². The molecular formula is C21H16ClNO4. The Bertz CT molecular complexity index is 1030. The third-order valence-electron chi connectivity index (χ3n) is 3.73. The van der Waals surface area contributed by atoms with Gasteiger partial charge in [-0.2, -0.15) is 5.26 Å². The lowest BCUT2D eigenvalue weighted by Gasteiger charge is -2.13. The summed E-state index contributed by atoms with van der Waals surface area (Å²) in [5, 5.41) is 11.2. The summed E-state index contributed by atoms with van der Waals surface area (Å²) in [4.78, 5) is 12.2. The number of carbonyl (C=O) groups excluding carboxylic acids is 1. The monoisotopic (exact) mass is 381 g/mol. The Kier molecular flexibility index (Phi) is 5.80. The average Bonchev–Trinajstić information content (AvgIpc) is 2.68. The molecule has 0 saturated carbocycles. The summed E-state index contributed by atoms with van der Waals surface area (Å²) >= 11 is 6.13. The Hall–Kier alpha value is -3.23. The molecule has 6 heteroatoms. The highest BCUT2D eigenvalue weighted by atomic mass is 35.5. The van der Waals surface area contributed by atoms with Gasteiger partial charge in [-0.25, -0.2) is 4.79 Å². The van der Waals surface area contributed by atoms with Crippen molar-refractivity contribution >= 4 is 28.3 Å². The molecule has 0 unspecified atom stereocenters. The van der Waals surface area contributed by atoms with Gasteiger partial charge in [0.15, 0.2) is 18.1 Å². The third kappa shape index (κ3) is 4.49. The third-order valence-corrected chi connectivity index (χ3v) is 4.01. The molecule has 0 aromatic heterocycles. The molecule has 0 atom stereocenters. The average molecular weight is 382 g/mol. The van der Waals surface area contributed by atoms with E-state index in [1.165, 1.54) is 12.1 Å². The summed E-state index contributed by atoms with van der Waals surface area (Å²) in [5.74, 6) is 0.238. The minimum atomic E-state index is -0.629. The second-order valence-corrected chi connectivity index (χ2v) is 6.01. The summed E-state index contributed by atoms with van der Waals surface area (Å²) in [6.07, 6.45) is 0. The first-order chi connectivity index (χ1) is 13.1. The van der Waals surface area contributed by atoms with Gasteiger partial charge in [0.25, 0.3) is 0 Å². The molecule has 3 aromatic rings. The van der Waals surface area contributed by atoms with Gasteiger partial charge in [0, 0.05) is 6.07 Å². The van der Waals surface area contributed by atoms with Gasteiger partial charge in [-0.15, -0.1) is 0 Å². The molecule has 0 spiro atoms. The summed E-state index contributed by atoms with van der Waals surface area (Å²) in [5.41, 5.74) is 0.315. The molecule has 3 aromatic carbocycles. The maximum absolute atomic E-state index is 12.2. The van der Waals surface area contributed by atoms with Crippen molar-refractivity contribution in [2.24, 2.45) is 0 Å². The smallest absolute Gasteiger partial charge is 0.349 e. The number of hydrogen-bond acceptors (Lipinski definition) is 5. The number of hydrogen-bond donors (Lipinski definition) is 0.